The minimum atomic E-state index is -4.65. The molecule has 3 N–H and O–H groups in total. The fraction of sp³-hybridized carbons (Fsp3) is 0.250. The van der Waals surface area contributed by atoms with Crippen LogP contribution in [-0.2, 0) is 21.9 Å². The monoisotopic (exact) mass is 232 g/mol. The third-order valence-electron chi connectivity index (χ3n) is 1.64. The maximum atomic E-state index is 11.3. The van der Waals surface area contributed by atoms with E-state index in [4.69, 9.17) is 10.3 Å². The Morgan fingerprint density at radius 1 is 1.40 bits per heavy atom. The van der Waals surface area contributed by atoms with E-state index < -0.39 is 21.9 Å². The van der Waals surface area contributed by atoms with Gasteiger partial charge < -0.3 is 9.92 Å². The Morgan fingerprint density at radius 3 is 2.53 bits per heavy atom. The highest BCUT2D eigenvalue weighted by Gasteiger charge is 2.12. The molecule has 0 aliphatic carbocycles. The largest absolute Gasteiger partial charge is 0.446 e. The first-order valence-electron chi connectivity index (χ1n) is 4.09. The zero-order chi connectivity index (χ0) is 11.5. The minimum absolute atomic E-state index is 0.387. The Kier molecular flexibility index (Phi) is 3.51. The lowest BCUT2D eigenvalue weighted by Crippen LogP contribution is -2.07. The first-order valence-corrected chi connectivity index (χ1v) is 5.46. The highest BCUT2D eigenvalue weighted by Crippen LogP contribution is 2.28. The summed E-state index contributed by atoms with van der Waals surface area (Å²) in [5.74, 6) is -1.04. The Balaban J connectivity index is 2.93. The van der Waals surface area contributed by atoms with Crippen molar-refractivity contribution in [1.82, 2.24) is 0 Å². The maximum absolute atomic E-state index is 11.3. The lowest BCUT2D eigenvalue weighted by atomic mass is 10.1. The maximum Gasteiger partial charge on any atom is 0.446 e. The highest BCUT2D eigenvalue weighted by atomic mass is 32.3. The van der Waals surface area contributed by atoms with Gasteiger partial charge >= 0.3 is 10.4 Å². The smallest absolute Gasteiger partial charge is 0.358 e. The molecule has 1 aromatic rings. The quantitative estimate of drug-likeness (QED) is 0.735. The van der Waals surface area contributed by atoms with Crippen molar-refractivity contribution in [3.8, 4) is 11.5 Å². The van der Waals surface area contributed by atoms with Gasteiger partial charge in [-0.15, -0.1) is 0 Å². The van der Waals surface area contributed by atoms with Crippen molar-refractivity contribution in [2.75, 3.05) is 6.54 Å². The van der Waals surface area contributed by atoms with E-state index in [-0.39, 0.29) is 0 Å². The van der Waals surface area contributed by atoms with Crippen LogP contribution in [0.2, 0.25) is 0 Å². The molecule has 1 aromatic carbocycles. The molecule has 7 heteroatoms. The molecular weight excluding hydrogens is 222 g/mol. The van der Waals surface area contributed by atoms with Crippen LogP contribution >= 0.6 is 0 Å². The van der Waals surface area contributed by atoms with Crippen molar-refractivity contribution in [1.29, 1.82) is 0 Å². The Bertz CT molecular complexity index is 442. The summed E-state index contributed by atoms with van der Waals surface area (Å²) in [7, 11) is -4.65. The van der Waals surface area contributed by atoms with Crippen LogP contribution in [0, 0.1) is 0 Å². The van der Waals surface area contributed by atoms with Crippen molar-refractivity contribution in [2.45, 2.75) is 6.42 Å². The van der Waals surface area contributed by atoms with E-state index in [1.165, 1.54) is 18.2 Å². The summed E-state index contributed by atoms with van der Waals surface area (Å²) in [6.07, 6.45) is 0.515. The summed E-state index contributed by atoms with van der Waals surface area (Å²) in [6.45, 7) is 0.387. The van der Waals surface area contributed by atoms with Gasteiger partial charge in [-0.25, -0.2) is 0 Å². The zero-order valence-electron chi connectivity index (χ0n) is 7.71. The Morgan fingerprint density at radius 2 is 2.07 bits per heavy atom. The topological polar surface area (TPSA) is 110 Å². The zero-order valence-corrected chi connectivity index (χ0v) is 8.53. The van der Waals surface area contributed by atoms with Crippen LogP contribution in [0.4, 0.5) is 0 Å². The van der Waals surface area contributed by atoms with Gasteiger partial charge in [-0.2, -0.15) is 8.42 Å². The number of nitrogens with two attached hydrogens (primary N) is 1. The molecule has 15 heavy (non-hydrogen) atoms. The predicted octanol–water partition coefficient (Wildman–Crippen LogP) is 0.513. The summed E-state index contributed by atoms with van der Waals surface area (Å²) in [6, 6.07) is 3.91. The van der Waals surface area contributed by atoms with Crippen LogP contribution < -0.4 is 9.92 Å². The summed E-state index contributed by atoms with van der Waals surface area (Å²) >= 11 is 0. The average Bonchev–Trinajstić information content (AvgIpc) is 2.08. The molecule has 0 fully saturated rings. The van der Waals surface area contributed by atoms with Crippen molar-refractivity contribution in [3.05, 3.63) is 23.8 Å². The standard InChI is InChI=1S/C8H10NO5S/c9-4-3-6-1-2-8(7(10)5-6)14-15(11,12)13/h1-2,5H,3-4,9H2,(H,11,12,13). The fourth-order valence-corrected chi connectivity index (χ4v) is 1.42. The first kappa shape index (κ1) is 11.8. The molecule has 0 aliphatic rings. The third kappa shape index (κ3) is 3.74. The van der Waals surface area contributed by atoms with E-state index in [9.17, 15) is 13.5 Å². The van der Waals surface area contributed by atoms with Crippen molar-refractivity contribution in [3.63, 3.8) is 0 Å². The molecule has 0 bridgehead atoms. The molecule has 1 radical (unpaired) electrons. The Labute approximate surface area is 87.2 Å². The first-order chi connectivity index (χ1) is 6.92. The van der Waals surface area contributed by atoms with Gasteiger partial charge in [0.2, 0.25) is 5.75 Å². The van der Waals surface area contributed by atoms with Crippen molar-refractivity contribution in [2.24, 2.45) is 5.73 Å². The Hall–Kier alpha value is -1.31. The summed E-state index contributed by atoms with van der Waals surface area (Å²) in [5.41, 5.74) is 5.97. The van der Waals surface area contributed by atoms with Gasteiger partial charge in [0.15, 0.2) is 5.75 Å². The van der Waals surface area contributed by atoms with Gasteiger partial charge in [-0.1, -0.05) is 6.07 Å². The molecule has 0 aromatic heterocycles. The molecule has 0 amide bonds. The predicted molar refractivity (Wildman–Crippen MR) is 51.5 cm³/mol. The molecule has 0 spiro atoms. The lowest BCUT2D eigenvalue weighted by molar-refractivity contribution is 0.325. The number of benzene rings is 1. The molecular formula is C8H10NO5S. The van der Waals surface area contributed by atoms with Gasteiger partial charge in [0.05, 0.1) is 0 Å². The molecule has 0 atom stereocenters. The number of hydrogen-bond donors (Lipinski definition) is 2. The van der Waals surface area contributed by atoms with E-state index in [1.54, 1.807) is 0 Å². The fourth-order valence-electron chi connectivity index (χ4n) is 1.06. The number of hydrogen-bond acceptors (Lipinski definition) is 4. The normalized spacial score (nSPS) is 11.3. The highest BCUT2D eigenvalue weighted by molar-refractivity contribution is 7.81. The SMILES string of the molecule is NCCc1ccc(OS(=O)(=O)O)c([O])c1. The van der Waals surface area contributed by atoms with Crippen molar-refractivity contribution < 1.29 is 22.3 Å². The van der Waals surface area contributed by atoms with Crippen LogP contribution in [0.5, 0.6) is 11.5 Å². The molecule has 0 saturated heterocycles. The second kappa shape index (κ2) is 4.47. The van der Waals surface area contributed by atoms with E-state index in [0.717, 1.165) is 0 Å². The van der Waals surface area contributed by atoms with Crippen LogP contribution in [-0.4, -0.2) is 19.5 Å². The summed E-state index contributed by atoms with van der Waals surface area (Å²) in [4.78, 5) is 0. The third-order valence-corrected chi connectivity index (χ3v) is 2.03. The van der Waals surface area contributed by atoms with Gasteiger partial charge in [0.25, 0.3) is 0 Å². The van der Waals surface area contributed by atoms with Gasteiger partial charge in [-0.05, 0) is 30.7 Å². The number of rotatable bonds is 4. The van der Waals surface area contributed by atoms with E-state index >= 15 is 0 Å². The van der Waals surface area contributed by atoms with E-state index in [2.05, 4.69) is 4.18 Å². The van der Waals surface area contributed by atoms with Crippen LogP contribution in [0.15, 0.2) is 18.2 Å². The summed E-state index contributed by atoms with van der Waals surface area (Å²) < 4.78 is 33.1. The summed E-state index contributed by atoms with van der Waals surface area (Å²) in [5, 5.41) is 11.3. The molecule has 0 heterocycles. The second-order valence-corrected chi connectivity index (χ2v) is 3.85. The minimum Gasteiger partial charge on any atom is -0.358 e. The van der Waals surface area contributed by atoms with Gasteiger partial charge in [0, 0.05) is 0 Å². The van der Waals surface area contributed by atoms with Crippen molar-refractivity contribution >= 4 is 10.4 Å². The van der Waals surface area contributed by atoms with Gasteiger partial charge in [0.1, 0.15) is 0 Å². The van der Waals surface area contributed by atoms with E-state index in [0.29, 0.717) is 18.5 Å². The molecule has 83 valence electrons. The second-order valence-electron chi connectivity index (χ2n) is 2.83. The molecule has 1 rings (SSSR count). The average molecular weight is 232 g/mol. The lowest BCUT2D eigenvalue weighted by Gasteiger charge is -2.04. The molecule has 0 unspecified atom stereocenters. The van der Waals surface area contributed by atoms with Crippen LogP contribution in [0.1, 0.15) is 5.56 Å². The van der Waals surface area contributed by atoms with Gasteiger partial charge in [-0.3, -0.25) is 9.66 Å². The van der Waals surface area contributed by atoms with Crippen LogP contribution in [0.3, 0.4) is 0 Å². The molecule has 0 aliphatic heterocycles. The van der Waals surface area contributed by atoms with Crippen LogP contribution in [0.25, 0.3) is 0 Å². The van der Waals surface area contributed by atoms with E-state index in [1.807, 2.05) is 0 Å². The molecule has 0 saturated carbocycles. The molecule has 6 nitrogen and oxygen atoms in total.